The number of anilines is 1. The zero-order valence-corrected chi connectivity index (χ0v) is 18.8. The number of nitrogens with zero attached hydrogens (tertiary/aromatic N) is 2. The van der Waals surface area contributed by atoms with Gasteiger partial charge in [-0.25, -0.2) is 5.01 Å². The second-order valence-electron chi connectivity index (χ2n) is 7.82. The van der Waals surface area contributed by atoms with E-state index in [0.717, 1.165) is 16.3 Å². The molecule has 2 atom stereocenters. The summed E-state index contributed by atoms with van der Waals surface area (Å²) in [5.74, 6) is 0.598. The van der Waals surface area contributed by atoms with Gasteiger partial charge in [0.15, 0.2) is 0 Å². The molecule has 0 saturated heterocycles. The third kappa shape index (κ3) is 2.99. The number of halogens is 1. The highest BCUT2D eigenvalue weighted by molar-refractivity contribution is 8.16. The lowest BCUT2D eigenvalue weighted by Gasteiger charge is -2.50. The first-order chi connectivity index (χ1) is 15.0. The highest BCUT2D eigenvalue weighted by Gasteiger charge is 2.66. The Bertz CT molecular complexity index is 1200. The van der Waals surface area contributed by atoms with Crippen LogP contribution in [0.25, 0.3) is 0 Å². The van der Waals surface area contributed by atoms with Crippen molar-refractivity contribution in [1.29, 1.82) is 0 Å². The van der Waals surface area contributed by atoms with Gasteiger partial charge in [0.05, 0.1) is 11.3 Å². The van der Waals surface area contributed by atoms with Crippen molar-refractivity contribution in [3.8, 4) is 5.75 Å². The van der Waals surface area contributed by atoms with Crippen LogP contribution >= 0.6 is 23.4 Å². The standard InChI is InChI=1S/C25H21ClN2O2S/c1-3-24(2)25(22(29)20-14-7-8-15-21(20)30-24)28(19-13-9-12-18(26)16-19)27-23(31-25)17-10-5-4-6-11-17/h4-16H,3H2,1-2H3. The van der Waals surface area contributed by atoms with Crippen LogP contribution in [0.5, 0.6) is 5.75 Å². The van der Waals surface area contributed by atoms with E-state index in [2.05, 4.69) is 0 Å². The van der Waals surface area contributed by atoms with Gasteiger partial charge in [0.1, 0.15) is 16.4 Å². The molecule has 0 N–H and O–H groups in total. The van der Waals surface area contributed by atoms with Gasteiger partial charge in [0.2, 0.25) is 10.7 Å². The lowest BCUT2D eigenvalue weighted by atomic mass is 9.82. The van der Waals surface area contributed by atoms with Crippen LogP contribution in [0.1, 0.15) is 36.2 Å². The largest absolute Gasteiger partial charge is 0.483 e. The van der Waals surface area contributed by atoms with E-state index in [9.17, 15) is 4.79 Å². The molecule has 5 rings (SSSR count). The molecule has 6 heteroatoms. The molecule has 0 amide bonds. The van der Waals surface area contributed by atoms with E-state index in [1.54, 1.807) is 0 Å². The third-order valence-corrected chi connectivity index (χ3v) is 7.80. The Morgan fingerprint density at radius 3 is 2.52 bits per heavy atom. The Kier molecular flexibility index (Phi) is 4.83. The van der Waals surface area contributed by atoms with Crippen LogP contribution in [-0.4, -0.2) is 21.3 Å². The number of fused-ring (bicyclic) bond motifs is 1. The lowest BCUT2D eigenvalue weighted by molar-refractivity contribution is 0.0250. The number of hydrogen-bond acceptors (Lipinski definition) is 5. The predicted molar refractivity (Wildman–Crippen MR) is 127 cm³/mol. The number of ketones is 1. The summed E-state index contributed by atoms with van der Waals surface area (Å²) in [5.41, 5.74) is 1.45. The van der Waals surface area contributed by atoms with Crippen LogP contribution in [0.3, 0.4) is 0 Å². The molecule has 3 aromatic rings. The minimum Gasteiger partial charge on any atom is -0.483 e. The number of carbonyl (C=O) groups excluding carboxylic acids is 1. The number of rotatable bonds is 3. The molecule has 156 valence electrons. The Hall–Kier alpha value is -2.76. The summed E-state index contributed by atoms with van der Waals surface area (Å²) < 4.78 is 6.55. The number of hydrazone groups is 1. The number of thioether (sulfide) groups is 1. The monoisotopic (exact) mass is 448 g/mol. The van der Waals surface area contributed by atoms with E-state index in [-0.39, 0.29) is 5.78 Å². The van der Waals surface area contributed by atoms with Crippen LogP contribution in [0.2, 0.25) is 5.02 Å². The molecule has 2 unspecified atom stereocenters. The first kappa shape index (κ1) is 20.2. The van der Waals surface area contributed by atoms with Crippen molar-refractivity contribution in [2.75, 3.05) is 5.01 Å². The lowest BCUT2D eigenvalue weighted by Crippen LogP contribution is -2.67. The Morgan fingerprint density at radius 2 is 1.77 bits per heavy atom. The third-order valence-electron chi connectivity index (χ3n) is 5.97. The molecule has 3 aromatic carbocycles. The van der Waals surface area contributed by atoms with Gasteiger partial charge in [-0.05, 0) is 43.7 Å². The van der Waals surface area contributed by atoms with Crippen LogP contribution in [0.4, 0.5) is 5.69 Å². The maximum Gasteiger partial charge on any atom is 0.216 e. The number of Topliss-reactive ketones (excluding diaryl/α,β-unsaturated/α-hetero) is 1. The summed E-state index contributed by atoms with van der Waals surface area (Å²) in [5, 5.41) is 8.14. The topological polar surface area (TPSA) is 41.9 Å². The van der Waals surface area contributed by atoms with E-state index >= 15 is 0 Å². The van der Waals surface area contributed by atoms with Crippen LogP contribution in [0, 0.1) is 0 Å². The maximum atomic E-state index is 14.2. The van der Waals surface area contributed by atoms with E-state index in [0.29, 0.717) is 22.8 Å². The number of carbonyl (C=O) groups is 1. The van der Waals surface area contributed by atoms with Crippen molar-refractivity contribution in [3.63, 3.8) is 0 Å². The summed E-state index contributed by atoms with van der Waals surface area (Å²) in [6.07, 6.45) is 0.620. The average Bonchev–Trinajstić information content (AvgIpc) is 3.21. The minimum atomic E-state index is -1.11. The fourth-order valence-electron chi connectivity index (χ4n) is 4.17. The molecule has 0 saturated carbocycles. The molecule has 31 heavy (non-hydrogen) atoms. The van der Waals surface area contributed by atoms with Crippen LogP contribution < -0.4 is 9.75 Å². The first-order valence-electron chi connectivity index (χ1n) is 10.2. The van der Waals surface area contributed by atoms with Crippen molar-refractivity contribution in [2.24, 2.45) is 5.10 Å². The van der Waals surface area contributed by atoms with Gasteiger partial charge in [0, 0.05) is 10.6 Å². The number of ether oxygens (including phenoxy) is 1. The van der Waals surface area contributed by atoms with Gasteiger partial charge in [-0.2, -0.15) is 5.10 Å². The fourth-order valence-corrected chi connectivity index (χ4v) is 5.85. The summed E-state index contributed by atoms with van der Waals surface area (Å²) in [7, 11) is 0. The molecular weight excluding hydrogens is 428 g/mol. The first-order valence-corrected chi connectivity index (χ1v) is 11.4. The Morgan fingerprint density at radius 1 is 1.03 bits per heavy atom. The molecule has 2 aliphatic heterocycles. The molecule has 1 spiro atoms. The summed E-state index contributed by atoms with van der Waals surface area (Å²) >= 11 is 7.79. The summed E-state index contributed by atoms with van der Waals surface area (Å²) in [6.45, 7) is 4.04. The average molecular weight is 449 g/mol. The smallest absolute Gasteiger partial charge is 0.216 e. The molecule has 2 aliphatic rings. The Balaban J connectivity index is 1.76. The zero-order chi connectivity index (χ0) is 21.6. The van der Waals surface area contributed by atoms with E-state index in [1.807, 2.05) is 97.7 Å². The van der Waals surface area contributed by atoms with Crippen LogP contribution in [-0.2, 0) is 0 Å². The second-order valence-corrected chi connectivity index (χ2v) is 9.44. The van der Waals surface area contributed by atoms with Crippen LogP contribution in [0.15, 0.2) is 84.0 Å². The van der Waals surface area contributed by atoms with Gasteiger partial charge in [-0.1, -0.05) is 78.8 Å². The van der Waals surface area contributed by atoms with E-state index in [1.165, 1.54) is 11.8 Å². The molecule has 0 radical (unpaired) electrons. The molecule has 0 aromatic heterocycles. The minimum absolute atomic E-state index is 0.0154. The number of hydrogen-bond donors (Lipinski definition) is 0. The highest BCUT2D eigenvalue weighted by Crippen LogP contribution is 2.56. The van der Waals surface area contributed by atoms with Gasteiger partial charge >= 0.3 is 0 Å². The van der Waals surface area contributed by atoms with Crippen molar-refractivity contribution < 1.29 is 9.53 Å². The summed E-state index contributed by atoms with van der Waals surface area (Å²) in [6, 6.07) is 24.8. The maximum absolute atomic E-state index is 14.2. The van der Waals surface area contributed by atoms with Crippen molar-refractivity contribution in [3.05, 3.63) is 95.0 Å². The predicted octanol–water partition coefficient (Wildman–Crippen LogP) is 6.40. The second kappa shape index (κ2) is 7.43. The van der Waals surface area contributed by atoms with E-state index in [4.69, 9.17) is 21.4 Å². The quantitative estimate of drug-likeness (QED) is 0.465. The van der Waals surface area contributed by atoms with Gasteiger partial charge < -0.3 is 4.74 Å². The SMILES string of the molecule is CCC1(C)Oc2ccccc2C(=O)C12SC(c1ccccc1)=NN2c1cccc(Cl)c1. The molecule has 2 heterocycles. The van der Waals surface area contributed by atoms with Crippen molar-refractivity contribution in [1.82, 2.24) is 0 Å². The van der Waals surface area contributed by atoms with Gasteiger partial charge in [-0.15, -0.1) is 0 Å². The zero-order valence-electron chi connectivity index (χ0n) is 17.2. The number of benzene rings is 3. The molecule has 0 aliphatic carbocycles. The Labute approximate surface area is 190 Å². The van der Waals surface area contributed by atoms with Crippen molar-refractivity contribution in [2.45, 2.75) is 30.7 Å². The number of para-hydroxylation sites is 1. The summed E-state index contributed by atoms with van der Waals surface area (Å²) in [4.78, 5) is 13.1. The van der Waals surface area contributed by atoms with Crippen molar-refractivity contribution >= 4 is 39.9 Å². The highest BCUT2D eigenvalue weighted by atomic mass is 35.5. The normalized spacial score (nSPS) is 24.7. The van der Waals surface area contributed by atoms with E-state index < -0.39 is 10.5 Å². The van der Waals surface area contributed by atoms with Gasteiger partial charge in [0.25, 0.3) is 0 Å². The molecule has 0 fully saturated rings. The molecule has 0 bridgehead atoms. The fraction of sp³-hybridized carbons (Fsp3) is 0.200. The van der Waals surface area contributed by atoms with Gasteiger partial charge in [-0.3, -0.25) is 4.79 Å². The molecular formula is C25H21ClN2O2S. The molecule has 4 nitrogen and oxygen atoms in total.